The van der Waals surface area contributed by atoms with Gasteiger partial charge >= 0.3 is 0 Å². The first-order valence-corrected chi connectivity index (χ1v) is 5.63. The lowest BCUT2D eigenvalue weighted by atomic mass is 10.1. The normalized spacial score (nSPS) is 9.68. The Labute approximate surface area is 110 Å². The number of para-hydroxylation sites is 1. The van der Waals surface area contributed by atoms with Gasteiger partial charge in [0.15, 0.2) is 5.84 Å². The Balaban J connectivity index is 2.12. The van der Waals surface area contributed by atoms with Gasteiger partial charge in [0.1, 0.15) is 0 Å². The number of hydrogen-bond acceptors (Lipinski definition) is 3. The molecule has 0 aliphatic rings. The number of carbonyl (C=O) groups is 1. The summed E-state index contributed by atoms with van der Waals surface area (Å²) in [5, 5.41) is 13.2. The van der Waals surface area contributed by atoms with E-state index in [1.165, 1.54) is 0 Å². The average Bonchev–Trinajstić information content (AvgIpc) is 2.47. The van der Waals surface area contributed by atoms with Crippen molar-refractivity contribution in [2.75, 3.05) is 5.32 Å². The number of anilines is 1. The zero-order valence-corrected chi connectivity index (χ0v) is 10.1. The fraction of sp³-hybridized carbons (Fsp3) is 0. The third kappa shape index (κ3) is 3.10. The first-order chi connectivity index (χ1) is 9.20. The minimum absolute atomic E-state index is 0.130. The van der Waals surface area contributed by atoms with Gasteiger partial charge in [0, 0.05) is 16.8 Å². The maximum Gasteiger partial charge on any atom is 0.255 e. The van der Waals surface area contributed by atoms with Crippen molar-refractivity contribution in [3.63, 3.8) is 0 Å². The van der Waals surface area contributed by atoms with Crippen LogP contribution in [0, 0.1) is 10.9 Å². The van der Waals surface area contributed by atoms with E-state index in [1.54, 1.807) is 36.4 Å². The highest BCUT2D eigenvalue weighted by molar-refractivity contribution is 6.05. The van der Waals surface area contributed by atoms with E-state index in [9.17, 15) is 4.79 Å². The zero-order chi connectivity index (χ0) is 13.7. The van der Waals surface area contributed by atoms with E-state index < -0.39 is 0 Å². The minimum Gasteiger partial charge on any atom is -0.322 e. The molecule has 0 saturated carbocycles. The maximum atomic E-state index is 11.9. The fourth-order valence-electron chi connectivity index (χ4n) is 1.57. The molecule has 19 heavy (non-hydrogen) atoms. The highest BCUT2D eigenvalue weighted by Gasteiger charge is 2.06. The van der Waals surface area contributed by atoms with Crippen LogP contribution in [0.5, 0.6) is 0 Å². The first-order valence-electron chi connectivity index (χ1n) is 5.63. The van der Waals surface area contributed by atoms with Crippen molar-refractivity contribution in [3.05, 3.63) is 65.7 Å². The molecule has 3 N–H and O–H groups in total. The van der Waals surface area contributed by atoms with Crippen molar-refractivity contribution in [3.8, 4) is 0 Å². The maximum absolute atomic E-state index is 11.9. The Hall–Kier alpha value is -2.82. The quantitative estimate of drug-likeness (QED) is 0.436. The predicted octanol–water partition coefficient (Wildman–Crippen LogP) is 3.30. The summed E-state index contributed by atoms with van der Waals surface area (Å²) in [5.41, 5.74) is 8.48. The third-order valence-electron chi connectivity index (χ3n) is 2.56. The third-order valence-corrected chi connectivity index (χ3v) is 2.56. The van der Waals surface area contributed by atoms with Crippen LogP contribution in [-0.4, -0.2) is 11.7 Å². The smallest absolute Gasteiger partial charge is 0.255 e. The molecular formula is C14H12N4O. The number of rotatable bonds is 3. The van der Waals surface area contributed by atoms with Crippen LogP contribution in [0.25, 0.3) is 0 Å². The average molecular weight is 252 g/mol. The van der Waals surface area contributed by atoms with Crippen molar-refractivity contribution in [2.24, 2.45) is 5.11 Å². The monoisotopic (exact) mass is 252 g/mol. The summed E-state index contributed by atoms with van der Waals surface area (Å²) in [4.78, 5) is 11.9. The Morgan fingerprint density at radius 1 is 0.947 bits per heavy atom. The van der Waals surface area contributed by atoms with Crippen molar-refractivity contribution >= 4 is 17.4 Å². The van der Waals surface area contributed by atoms with Gasteiger partial charge in [-0.25, -0.2) is 5.53 Å². The molecule has 0 aromatic heterocycles. The van der Waals surface area contributed by atoms with Crippen LogP contribution in [0.4, 0.5) is 5.69 Å². The molecule has 0 atom stereocenters. The van der Waals surface area contributed by atoms with Crippen molar-refractivity contribution in [2.45, 2.75) is 0 Å². The SMILES string of the molecule is N=NC(=N)c1ccc(C(=O)Nc2ccccc2)cc1. The largest absolute Gasteiger partial charge is 0.322 e. The molecule has 94 valence electrons. The molecule has 2 rings (SSSR count). The topological polar surface area (TPSA) is 89.2 Å². The molecule has 2 aromatic carbocycles. The van der Waals surface area contributed by atoms with E-state index in [-0.39, 0.29) is 11.7 Å². The lowest BCUT2D eigenvalue weighted by Crippen LogP contribution is -2.11. The Morgan fingerprint density at radius 3 is 2.11 bits per heavy atom. The van der Waals surface area contributed by atoms with Crippen LogP contribution in [0.1, 0.15) is 15.9 Å². The second-order valence-electron chi connectivity index (χ2n) is 3.86. The van der Waals surface area contributed by atoms with Crippen LogP contribution in [-0.2, 0) is 0 Å². The predicted molar refractivity (Wildman–Crippen MR) is 72.8 cm³/mol. The molecule has 1 amide bonds. The Bertz CT molecular complexity index is 605. The standard InChI is InChI=1S/C14H12N4O/c15-13(18-16)10-6-8-11(9-7-10)14(19)17-12-4-2-1-3-5-12/h1-9,15-16H,(H,17,19). The fourth-order valence-corrected chi connectivity index (χ4v) is 1.57. The molecule has 0 spiro atoms. The van der Waals surface area contributed by atoms with Gasteiger partial charge in [0.05, 0.1) is 0 Å². The second kappa shape index (κ2) is 5.68. The first kappa shape index (κ1) is 12.6. The van der Waals surface area contributed by atoms with E-state index in [1.807, 2.05) is 18.2 Å². The summed E-state index contributed by atoms with van der Waals surface area (Å²) >= 11 is 0. The molecule has 5 heteroatoms. The number of amides is 1. The number of benzene rings is 2. The van der Waals surface area contributed by atoms with Gasteiger partial charge in [0.2, 0.25) is 0 Å². The van der Waals surface area contributed by atoms with E-state index in [4.69, 9.17) is 10.9 Å². The minimum atomic E-state index is -0.216. The van der Waals surface area contributed by atoms with Gasteiger partial charge in [-0.15, -0.1) is 5.11 Å². The molecule has 0 bridgehead atoms. The number of nitrogens with zero attached hydrogens (tertiary/aromatic N) is 1. The molecule has 2 aromatic rings. The van der Waals surface area contributed by atoms with Crippen LogP contribution < -0.4 is 5.32 Å². The lowest BCUT2D eigenvalue weighted by molar-refractivity contribution is 0.102. The number of nitrogens with one attached hydrogen (secondary N) is 3. The molecule has 0 unspecified atom stereocenters. The molecule has 0 saturated heterocycles. The molecule has 0 heterocycles. The molecular weight excluding hydrogens is 240 g/mol. The van der Waals surface area contributed by atoms with E-state index in [0.717, 1.165) is 5.69 Å². The summed E-state index contributed by atoms with van der Waals surface area (Å²) in [5.74, 6) is -0.345. The molecule has 0 radical (unpaired) electrons. The van der Waals surface area contributed by atoms with Gasteiger partial charge in [-0.3, -0.25) is 10.2 Å². The van der Waals surface area contributed by atoms with Crippen LogP contribution in [0.15, 0.2) is 59.7 Å². The highest BCUT2D eigenvalue weighted by atomic mass is 16.1. The van der Waals surface area contributed by atoms with Crippen LogP contribution in [0.2, 0.25) is 0 Å². The van der Waals surface area contributed by atoms with Gasteiger partial charge in [0.25, 0.3) is 5.91 Å². The van der Waals surface area contributed by atoms with E-state index >= 15 is 0 Å². The lowest BCUT2D eigenvalue weighted by Gasteiger charge is -2.05. The second-order valence-corrected chi connectivity index (χ2v) is 3.86. The number of hydrogen-bond donors (Lipinski definition) is 3. The highest BCUT2D eigenvalue weighted by Crippen LogP contribution is 2.10. The molecule has 5 nitrogen and oxygen atoms in total. The summed E-state index contributed by atoms with van der Waals surface area (Å²) in [6.07, 6.45) is 0. The summed E-state index contributed by atoms with van der Waals surface area (Å²) in [7, 11) is 0. The Kier molecular flexibility index (Phi) is 3.78. The number of amidine groups is 1. The van der Waals surface area contributed by atoms with Crippen molar-refractivity contribution < 1.29 is 4.79 Å². The molecule has 0 aliphatic heterocycles. The van der Waals surface area contributed by atoms with Gasteiger partial charge in [-0.05, 0) is 24.3 Å². The van der Waals surface area contributed by atoms with Gasteiger partial charge in [-0.2, -0.15) is 0 Å². The Morgan fingerprint density at radius 2 is 1.53 bits per heavy atom. The van der Waals surface area contributed by atoms with Crippen molar-refractivity contribution in [1.29, 1.82) is 10.9 Å². The summed E-state index contributed by atoms with van der Waals surface area (Å²) < 4.78 is 0. The number of carbonyl (C=O) groups excluding carboxylic acids is 1. The van der Waals surface area contributed by atoms with Gasteiger partial charge < -0.3 is 5.32 Å². The molecule has 0 aliphatic carbocycles. The summed E-state index contributed by atoms with van der Waals surface area (Å²) in [6.45, 7) is 0. The van der Waals surface area contributed by atoms with Crippen molar-refractivity contribution in [1.82, 2.24) is 0 Å². The van der Waals surface area contributed by atoms with Gasteiger partial charge in [-0.1, -0.05) is 30.3 Å². The summed E-state index contributed by atoms with van der Waals surface area (Å²) in [6, 6.07) is 15.6. The van der Waals surface area contributed by atoms with E-state index in [0.29, 0.717) is 11.1 Å². The molecule has 0 fully saturated rings. The van der Waals surface area contributed by atoms with E-state index in [2.05, 4.69) is 10.4 Å². The van der Waals surface area contributed by atoms with Crippen LogP contribution in [0.3, 0.4) is 0 Å². The van der Waals surface area contributed by atoms with Crippen LogP contribution >= 0.6 is 0 Å². The zero-order valence-electron chi connectivity index (χ0n) is 10.1.